The standard InChI is InChI=1S/C14H28N2O3/c1-9(2)6-11(15)13(19)16-10(7-12(17)18)8-14(3,4)5/h9-11H,6-8,15H2,1-5H3,(H,16,19)(H,17,18)/t10?,11-/m0/s1. The van der Waals surface area contributed by atoms with E-state index in [2.05, 4.69) is 5.32 Å². The Bertz CT molecular complexity index is 308. The molecule has 0 aromatic rings. The lowest BCUT2D eigenvalue weighted by molar-refractivity contribution is -0.138. The smallest absolute Gasteiger partial charge is 0.305 e. The van der Waals surface area contributed by atoms with Crippen LogP contribution in [0.15, 0.2) is 0 Å². The van der Waals surface area contributed by atoms with Gasteiger partial charge in [0.15, 0.2) is 0 Å². The maximum Gasteiger partial charge on any atom is 0.305 e. The Kier molecular flexibility index (Phi) is 7.05. The molecule has 1 unspecified atom stereocenters. The van der Waals surface area contributed by atoms with Gasteiger partial charge < -0.3 is 16.2 Å². The molecule has 0 saturated carbocycles. The molecule has 0 aromatic heterocycles. The molecular formula is C14H28N2O3. The predicted molar refractivity (Wildman–Crippen MR) is 75.7 cm³/mol. The van der Waals surface area contributed by atoms with E-state index in [9.17, 15) is 9.59 Å². The minimum atomic E-state index is -0.910. The Balaban J connectivity index is 4.54. The Morgan fingerprint density at radius 3 is 2.16 bits per heavy atom. The second-order valence-electron chi connectivity index (χ2n) is 6.80. The summed E-state index contributed by atoms with van der Waals surface area (Å²) >= 11 is 0. The van der Waals surface area contributed by atoms with Crippen LogP contribution in [-0.2, 0) is 9.59 Å². The maximum atomic E-state index is 11.9. The van der Waals surface area contributed by atoms with E-state index in [1.165, 1.54) is 0 Å². The third-order valence-electron chi connectivity index (χ3n) is 2.69. The van der Waals surface area contributed by atoms with Crippen molar-refractivity contribution in [2.24, 2.45) is 17.1 Å². The molecule has 0 rings (SSSR count). The molecule has 0 radical (unpaired) electrons. The lowest BCUT2D eigenvalue weighted by Crippen LogP contribution is -2.47. The van der Waals surface area contributed by atoms with Gasteiger partial charge in [0, 0.05) is 6.04 Å². The van der Waals surface area contributed by atoms with Gasteiger partial charge >= 0.3 is 5.97 Å². The number of carbonyl (C=O) groups is 2. The summed E-state index contributed by atoms with van der Waals surface area (Å²) in [6, 6.07) is -0.945. The SMILES string of the molecule is CC(C)C[C@H](N)C(=O)NC(CC(=O)O)CC(C)(C)C. The summed E-state index contributed by atoms with van der Waals surface area (Å²) in [6.45, 7) is 10.0. The van der Waals surface area contributed by atoms with Crippen LogP contribution in [0.4, 0.5) is 0 Å². The molecule has 0 bridgehead atoms. The van der Waals surface area contributed by atoms with Crippen molar-refractivity contribution in [1.82, 2.24) is 5.32 Å². The van der Waals surface area contributed by atoms with Crippen LogP contribution in [0, 0.1) is 11.3 Å². The number of amides is 1. The number of rotatable bonds is 7. The summed E-state index contributed by atoms with van der Waals surface area (Å²) in [5.41, 5.74) is 5.76. The number of aliphatic carboxylic acids is 1. The Hall–Kier alpha value is -1.10. The lowest BCUT2D eigenvalue weighted by Gasteiger charge is -2.27. The van der Waals surface area contributed by atoms with E-state index >= 15 is 0 Å². The highest BCUT2D eigenvalue weighted by Gasteiger charge is 2.25. The molecule has 19 heavy (non-hydrogen) atoms. The number of nitrogens with one attached hydrogen (secondary N) is 1. The molecule has 0 aliphatic heterocycles. The largest absolute Gasteiger partial charge is 0.481 e. The average Bonchev–Trinajstić information content (AvgIpc) is 2.11. The third kappa shape index (κ3) is 9.47. The predicted octanol–water partition coefficient (Wildman–Crippen LogP) is 1.76. The van der Waals surface area contributed by atoms with E-state index in [0.29, 0.717) is 18.8 Å². The van der Waals surface area contributed by atoms with E-state index in [1.807, 2.05) is 34.6 Å². The highest BCUT2D eigenvalue weighted by Crippen LogP contribution is 2.22. The van der Waals surface area contributed by atoms with Crippen molar-refractivity contribution in [1.29, 1.82) is 0 Å². The summed E-state index contributed by atoms with van der Waals surface area (Å²) in [4.78, 5) is 22.8. The van der Waals surface area contributed by atoms with Gasteiger partial charge in [-0.3, -0.25) is 9.59 Å². The molecule has 0 aliphatic rings. The Labute approximate surface area is 115 Å². The average molecular weight is 272 g/mol. The maximum absolute atomic E-state index is 11.9. The fourth-order valence-corrected chi connectivity index (χ4v) is 2.05. The molecule has 0 aromatic carbocycles. The van der Waals surface area contributed by atoms with E-state index in [1.54, 1.807) is 0 Å². The zero-order chi connectivity index (χ0) is 15.2. The highest BCUT2D eigenvalue weighted by atomic mass is 16.4. The fraction of sp³-hybridized carbons (Fsp3) is 0.857. The van der Waals surface area contributed by atoms with Crippen molar-refractivity contribution >= 4 is 11.9 Å². The van der Waals surface area contributed by atoms with Crippen molar-refractivity contribution in [2.45, 2.75) is 66.0 Å². The molecule has 112 valence electrons. The van der Waals surface area contributed by atoms with Crippen LogP contribution in [0.3, 0.4) is 0 Å². The van der Waals surface area contributed by atoms with Gasteiger partial charge in [-0.2, -0.15) is 0 Å². The Morgan fingerprint density at radius 1 is 1.26 bits per heavy atom. The van der Waals surface area contributed by atoms with Crippen molar-refractivity contribution in [3.05, 3.63) is 0 Å². The molecule has 0 spiro atoms. The van der Waals surface area contributed by atoms with E-state index in [4.69, 9.17) is 10.8 Å². The van der Waals surface area contributed by atoms with Crippen molar-refractivity contribution in [2.75, 3.05) is 0 Å². The van der Waals surface area contributed by atoms with E-state index in [0.717, 1.165) is 0 Å². The van der Waals surface area contributed by atoms with Crippen molar-refractivity contribution in [3.63, 3.8) is 0 Å². The topological polar surface area (TPSA) is 92.4 Å². The van der Waals surface area contributed by atoms with Gasteiger partial charge in [0.2, 0.25) is 5.91 Å². The van der Waals surface area contributed by atoms with Gasteiger partial charge in [-0.15, -0.1) is 0 Å². The summed E-state index contributed by atoms with van der Waals surface area (Å²) in [7, 11) is 0. The molecular weight excluding hydrogens is 244 g/mol. The van der Waals surface area contributed by atoms with Crippen LogP contribution in [0.2, 0.25) is 0 Å². The highest BCUT2D eigenvalue weighted by molar-refractivity contribution is 5.82. The lowest BCUT2D eigenvalue weighted by atomic mass is 9.87. The number of nitrogens with two attached hydrogens (primary N) is 1. The third-order valence-corrected chi connectivity index (χ3v) is 2.69. The summed E-state index contributed by atoms with van der Waals surface area (Å²) in [5, 5.41) is 11.7. The summed E-state index contributed by atoms with van der Waals surface area (Å²) in [5.74, 6) is -0.836. The summed E-state index contributed by atoms with van der Waals surface area (Å²) in [6.07, 6.45) is 1.14. The number of hydrogen-bond donors (Lipinski definition) is 3. The number of carboxylic acid groups (broad SMARTS) is 1. The first kappa shape index (κ1) is 17.9. The second-order valence-corrected chi connectivity index (χ2v) is 6.80. The van der Waals surface area contributed by atoms with Gasteiger partial charge in [0.1, 0.15) is 0 Å². The zero-order valence-corrected chi connectivity index (χ0v) is 12.7. The van der Waals surface area contributed by atoms with Crippen molar-refractivity contribution < 1.29 is 14.7 Å². The van der Waals surface area contributed by atoms with Gasteiger partial charge in [-0.05, 0) is 24.2 Å². The van der Waals surface area contributed by atoms with Gasteiger partial charge in [0.25, 0.3) is 0 Å². The molecule has 2 atom stereocenters. The van der Waals surface area contributed by atoms with Gasteiger partial charge in [-0.1, -0.05) is 34.6 Å². The normalized spacial score (nSPS) is 15.1. The van der Waals surface area contributed by atoms with Crippen molar-refractivity contribution in [3.8, 4) is 0 Å². The molecule has 0 fully saturated rings. The molecule has 5 heteroatoms. The zero-order valence-electron chi connectivity index (χ0n) is 12.7. The van der Waals surface area contributed by atoms with E-state index in [-0.39, 0.29) is 23.8 Å². The number of hydrogen-bond acceptors (Lipinski definition) is 3. The van der Waals surface area contributed by atoms with E-state index < -0.39 is 12.0 Å². The molecule has 0 saturated heterocycles. The van der Waals surface area contributed by atoms with Gasteiger partial charge in [0.05, 0.1) is 12.5 Å². The van der Waals surface area contributed by atoms with Crippen LogP contribution < -0.4 is 11.1 Å². The minimum absolute atomic E-state index is 0.0461. The first-order valence-corrected chi connectivity index (χ1v) is 6.79. The molecule has 0 heterocycles. The van der Waals surface area contributed by atoms with Crippen LogP contribution >= 0.6 is 0 Å². The fourth-order valence-electron chi connectivity index (χ4n) is 2.05. The van der Waals surface area contributed by atoms with Crippen LogP contribution in [0.5, 0.6) is 0 Å². The summed E-state index contributed by atoms with van der Waals surface area (Å²) < 4.78 is 0. The quantitative estimate of drug-likeness (QED) is 0.658. The minimum Gasteiger partial charge on any atom is -0.481 e. The van der Waals surface area contributed by atoms with Gasteiger partial charge in [-0.25, -0.2) is 0 Å². The van der Waals surface area contributed by atoms with Crippen LogP contribution in [0.25, 0.3) is 0 Å². The number of carbonyl (C=O) groups excluding carboxylic acids is 1. The van der Waals surface area contributed by atoms with Crippen LogP contribution in [-0.4, -0.2) is 29.1 Å². The monoisotopic (exact) mass is 272 g/mol. The van der Waals surface area contributed by atoms with Crippen LogP contribution in [0.1, 0.15) is 53.9 Å². The first-order valence-electron chi connectivity index (χ1n) is 6.79. The first-order chi connectivity index (χ1) is 8.51. The Morgan fingerprint density at radius 2 is 1.79 bits per heavy atom. The molecule has 0 aliphatic carbocycles. The second kappa shape index (κ2) is 7.48. The molecule has 4 N–H and O–H groups in total. The number of carboxylic acids is 1. The molecule has 5 nitrogen and oxygen atoms in total. The molecule has 1 amide bonds.